The monoisotopic (exact) mass is 251 g/mol. The summed E-state index contributed by atoms with van der Waals surface area (Å²) in [5, 5.41) is 7.46. The molecule has 2 heterocycles. The Bertz CT molecular complexity index is 433. The van der Waals surface area contributed by atoms with Crippen LogP contribution in [0.3, 0.4) is 0 Å². The number of aromatic nitrogens is 4. The highest BCUT2D eigenvalue weighted by Gasteiger charge is 2.22. The predicted molar refractivity (Wildman–Crippen MR) is 68.1 cm³/mol. The van der Waals surface area contributed by atoms with E-state index in [1.54, 1.807) is 0 Å². The van der Waals surface area contributed by atoms with Crippen LogP contribution in [0.1, 0.15) is 36.3 Å². The Morgan fingerprint density at radius 3 is 2.94 bits per heavy atom. The van der Waals surface area contributed by atoms with Crippen LogP contribution in [-0.2, 0) is 13.0 Å². The highest BCUT2D eigenvalue weighted by molar-refractivity contribution is 7.05. The molecule has 0 aliphatic rings. The lowest BCUT2D eigenvalue weighted by Crippen LogP contribution is -2.22. The Labute approximate surface area is 105 Å². The zero-order valence-electron chi connectivity index (χ0n) is 10.3. The summed E-state index contributed by atoms with van der Waals surface area (Å²) in [7, 11) is 1.94. The number of imidazole rings is 1. The fourth-order valence-electron chi connectivity index (χ4n) is 1.91. The van der Waals surface area contributed by atoms with E-state index in [0.717, 1.165) is 29.4 Å². The van der Waals surface area contributed by atoms with Gasteiger partial charge < -0.3 is 9.88 Å². The summed E-state index contributed by atoms with van der Waals surface area (Å²) in [6.45, 7) is 5.13. The Morgan fingerprint density at radius 1 is 1.47 bits per heavy atom. The van der Waals surface area contributed by atoms with E-state index < -0.39 is 0 Å². The van der Waals surface area contributed by atoms with Crippen LogP contribution in [0.2, 0.25) is 0 Å². The van der Waals surface area contributed by atoms with Crippen molar-refractivity contribution in [3.63, 3.8) is 0 Å². The first kappa shape index (κ1) is 12.2. The molecule has 6 heteroatoms. The molecular weight excluding hydrogens is 234 g/mol. The van der Waals surface area contributed by atoms with Crippen molar-refractivity contribution in [1.29, 1.82) is 0 Å². The van der Waals surface area contributed by atoms with Gasteiger partial charge in [0.25, 0.3) is 0 Å². The van der Waals surface area contributed by atoms with Gasteiger partial charge in [0.2, 0.25) is 0 Å². The molecule has 17 heavy (non-hydrogen) atoms. The van der Waals surface area contributed by atoms with Crippen molar-refractivity contribution in [2.24, 2.45) is 0 Å². The van der Waals surface area contributed by atoms with Crippen molar-refractivity contribution in [3.8, 4) is 0 Å². The van der Waals surface area contributed by atoms with Gasteiger partial charge >= 0.3 is 0 Å². The number of nitrogens with zero attached hydrogens (tertiary/aromatic N) is 4. The molecular formula is C11H17N5S. The molecule has 0 fully saturated rings. The lowest BCUT2D eigenvalue weighted by atomic mass is 10.1. The van der Waals surface area contributed by atoms with Crippen molar-refractivity contribution in [2.75, 3.05) is 7.05 Å². The van der Waals surface area contributed by atoms with Gasteiger partial charge in [0, 0.05) is 18.9 Å². The van der Waals surface area contributed by atoms with Crippen LogP contribution in [0.15, 0.2) is 12.4 Å². The van der Waals surface area contributed by atoms with Gasteiger partial charge in [-0.25, -0.2) is 4.98 Å². The van der Waals surface area contributed by atoms with E-state index in [-0.39, 0.29) is 6.04 Å². The van der Waals surface area contributed by atoms with Crippen LogP contribution in [0, 0.1) is 0 Å². The Balaban J connectivity index is 2.40. The van der Waals surface area contributed by atoms with Gasteiger partial charge in [0.1, 0.15) is 11.9 Å². The van der Waals surface area contributed by atoms with E-state index >= 15 is 0 Å². The fraction of sp³-hybridized carbons (Fsp3) is 0.545. The summed E-state index contributed by atoms with van der Waals surface area (Å²) in [4.78, 5) is 5.60. The molecule has 1 atom stereocenters. The minimum atomic E-state index is 0.0832. The third-order valence-electron chi connectivity index (χ3n) is 2.82. The first-order chi connectivity index (χ1) is 8.31. The van der Waals surface area contributed by atoms with Crippen molar-refractivity contribution < 1.29 is 0 Å². The van der Waals surface area contributed by atoms with Crippen LogP contribution in [0.25, 0.3) is 0 Å². The largest absolute Gasteiger partial charge is 0.334 e. The van der Waals surface area contributed by atoms with Crippen molar-refractivity contribution in [2.45, 2.75) is 32.9 Å². The zero-order chi connectivity index (χ0) is 12.3. The summed E-state index contributed by atoms with van der Waals surface area (Å²) in [6.07, 6.45) is 4.74. The lowest BCUT2D eigenvalue weighted by Gasteiger charge is -2.15. The molecule has 2 aromatic heterocycles. The number of rotatable bonds is 5. The summed E-state index contributed by atoms with van der Waals surface area (Å²) < 4.78 is 6.18. The Morgan fingerprint density at radius 2 is 2.29 bits per heavy atom. The molecule has 0 saturated heterocycles. The second kappa shape index (κ2) is 5.37. The van der Waals surface area contributed by atoms with Gasteiger partial charge in [-0.2, -0.15) is 0 Å². The van der Waals surface area contributed by atoms with E-state index in [0.29, 0.717) is 0 Å². The summed E-state index contributed by atoms with van der Waals surface area (Å²) in [5.41, 5.74) is 1.06. The molecule has 0 spiro atoms. The number of hydrogen-bond donors (Lipinski definition) is 1. The first-order valence-corrected chi connectivity index (χ1v) is 6.58. The topological polar surface area (TPSA) is 55.6 Å². The smallest absolute Gasteiger partial charge is 0.131 e. The third kappa shape index (κ3) is 2.23. The van der Waals surface area contributed by atoms with Crippen LogP contribution in [-0.4, -0.2) is 26.2 Å². The molecule has 0 radical (unpaired) electrons. The van der Waals surface area contributed by atoms with Gasteiger partial charge in [-0.1, -0.05) is 11.4 Å². The van der Waals surface area contributed by atoms with Crippen molar-refractivity contribution in [1.82, 2.24) is 24.5 Å². The van der Waals surface area contributed by atoms with Crippen LogP contribution in [0.4, 0.5) is 0 Å². The molecule has 2 aromatic rings. The molecule has 0 amide bonds. The Hall–Kier alpha value is -1.27. The minimum absolute atomic E-state index is 0.0832. The summed E-state index contributed by atoms with van der Waals surface area (Å²) in [6, 6.07) is 0.0832. The number of aryl methyl sites for hydroxylation is 2. The van der Waals surface area contributed by atoms with Crippen molar-refractivity contribution in [3.05, 3.63) is 28.8 Å². The standard InChI is InChI=1S/C11H17N5S/c1-4-8-10(17-15-14-8)9(12-3)11-13-6-7-16(11)5-2/h6-7,9,12H,4-5H2,1-3H3. The lowest BCUT2D eigenvalue weighted by molar-refractivity contribution is 0.592. The maximum atomic E-state index is 4.44. The zero-order valence-corrected chi connectivity index (χ0v) is 11.2. The molecule has 5 nitrogen and oxygen atoms in total. The molecule has 0 aliphatic heterocycles. The molecule has 2 rings (SSSR count). The number of nitrogens with one attached hydrogen (secondary N) is 1. The van der Waals surface area contributed by atoms with E-state index in [1.807, 2.05) is 19.4 Å². The summed E-state index contributed by atoms with van der Waals surface area (Å²) in [5.74, 6) is 1.02. The highest BCUT2D eigenvalue weighted by atomic mass is 32.1. The maximum absolute atomic E-state index is 4.44. The van der Waals surface area contributed by atoms with E-state index in [9.17, 15) is 0 Å². The SMILES string of the molecule is CCc1nnsc1C(NC)c1nccn1CC. The molecule has 0 bridgehead atoms. The van der Waals surface area contributed by atoms with Gasteiger partial charge in [-0.15, -0.1) is 5.10 Å². The van der Waals surface area contributed by atoms with Gasteiger partial charge in [0.05, 0.1) is 10.6 Å². The highest BCUT2D eigenvalue weighted by Crippen LogP contribution is 2.26. The van der Waals surface area contributed by atoms with E-state index in [2.05, 4.69) is 38.3 Å². The fourth-order valence-corrected chi connectivity index (χ4v) is 2.75. The average molecular weight is 251 g/mol. The predicted octanol–water partition coefficient (Wildman–Crippen LogP) is 1.63. The van der Waals surface area contributed by atoms with Crippen LogP contribution >= 0.6 is 11.5 Å². The Kier molecular flexibility index (Phi) is 3.86. The second-order valence-corrected chi connectivity index (χ2v) is 4.52. The average Bonchev–Trinajstić information content (AvgIpc) is 2.98. The molecule has 92 valence electrons. The molecule has 0 saturated carbocycles. The van der Waals surface area contributed by atoms with E-state index in [1.165, 1.54) is 11.5 Å². The first-order valence-electron chi connectivity index (χ1n) is 5.81. The normalized spacial score (nSPS) is 12.9. The third-order valence-corrected chi connectivity index (χ3v) is 3.65. The van der Waals surface area contributed by atoms with Gasteiger partial charge in [-0.05, 0) is 31.9 Å². The minimum Gasteiger partial charge on any atom is -0.334 e. The second-order valence-electron chi connectivity index (χ2n) is 3.73. The van der Waals surface area contributed by atoms with Gasteiger partial charge in [0.15, 0.2) is 0 Å². The summed E-state index contributed by atoms with van der Waals surface area (Å²) >= 11 is 1.45. The molecule has 0 aromatic carbocycles. The molecule has 1 N–H and O–H groups in total. The maximum Gasteiger partial charge on any atom is 0.131 e. The van der Waals surface area contributed by atoms with E-state index in [4.69, 9.17) is 0 Å². The van der Waals surface area contributed by atoms with Crippen LogP contribution in [0.5, 0.6) is 0 Å². The molecule has 0 aliphatic carbocycles. The van der Waals surface area contributed by atoms with Crippen molar-refractivity contribution >= 4 is 11.5 Å². The molecule has 1 unspecified atom stereocenters. The quantitative estimate of drug-likeness (QED) is 0.877. The van der Waals surface area contributed by atoms with Crippen LogP contribution < -0.4 is 5.32 Å². The van der Waals surface area contributed by atoms with Gasteiger partial charge in [-0.3, -0.25) is 0 Å². The number of hydrogen-bond acceptors (Lipinski definition) is 5.